The van der Waals surface area contributed by atoms with Gasteiger partial charge in [-0.15, -0.1) is 0 Å². The number of piperidine rings is 1. The van der Waals surface area contributed by atoms with Crippen LogP contribution in [0.3, 0.4) is 0 Å². The molecular weight excluding hydrogens is 358 g/mol. The van der Waals surface area contributed by atoms with Gasteiger partial charge in [-0.05, 0) is 69.5 Å². The lowest BCUT2D eigenvalue weighted by molar-refractivity contribution is -0.385. The fourth-order valence-corrected chi connectivity index (χ4v) is 3.50. The number of rotatable bonds is 6. The van der Waals surface area contributed by atoms with Crippen molar-refractivity contribution >= 4 is 23.0 Å². The Morgan fingerprint density at radius 3 is 2.64 bits per heavy atom. The van der Waals surface area contributed by atoms with Gasteiger partial charge in [0.25, 0.3) is 5.91 Å². The molecule has 7 nitrogen and oxygen atoms in total. The molecule has 148 valence electrons. The maximum atomic E-state index is 12.5. The first-order valence-corrected chi connectivity index (χ1v) is 9.59. The van der Waals surface area contributed by atoms with Crippen molar-refractivity contribution in [3.63, 3.8) is 0 Å². The highest BCUT2D eigenvalue weighted by Gasteiger charge is 2.20. The first-order chi connectivity index (χ1) is 13.5. The van der Waals surface area contributed by atoms with Crippen molar-refractivity contribution in [2.24, 2.45) is 0 Å². The summed E-state index contributed by atoms with van der Waals surface area (Å²) in [5, 5.41) is 14.0. The Morgan fingerprint density at radius 1 is 1.25 bits per heavy atom. The zero-order valence-corrected chi connectivity index (χ0v) is 16.2. The Morgan fingerprint density at radius 2 is 2.00 bits per heavy atom. The molecule has 1 aliphatic heterocycles. The van der Waals surface area contributed by atoms with Crippen molar-refractivity contribution in [3.8, 4) is 5.75 Å². The topological polar surface area (TPSA) is 84.7 Å². The van der Waals surface area contributed by atoms with Crippen molar-refractivity contribution in [2.75, 3.05) is 23.4 Å². The molecule has 0 bridgehead atoms. The standard InChI is InChI=1S/C21H25N3O4/c1-3-28-20-12-7-16(14-19(20)24(26)27)21(25)22-17-8-10-18(11-9-17)23-13-5-4-6-15(23)2/h7-12,14-15H,3-6,13H2,1-2H3,(H,22,25)/t15-/m1/s1. The summed E-state index contributed by atoms with van der Waals surface area (Å²) in [6.07, 6.45) is 3.65. The smallest absolute Gasteiger partial charge is 0.311 e. The summed E-state index contributed by atoms with van der Waals surface area (Å²) in [6.45, 7) is 5.34. The first kappa shape index (κ1) is 19.7. The normalized spacial score (nSPS) is 16.5. The molecule has 7 heteroatoms. The third-order valence-electron chi connectivity index (χ3n) is 4.98. The summed E-state index contributed by atoms with van der Waals surface area (Å²) in [5.41, 5.74) is 1.78. The van der Waals surface area contributed by atoms with E-state index >= 15 is 0 Å². The van der Waals surface area contributed by atoms with E-state index in [0.29, 0.717) is 18.3 Å². The van der Waals surface area contributed by atoms with Gasteiger partial charge in [0.15, 0.2) is 5.75 Å². The Kier molecular flexibility index (Phi) is 6.13. The van der Waals surface area contributed by atoms with Gasteiger partial charge in [-0.3, -0.25) is 14.9 Å². The van der Waals surface area contributed by atoms with Gasteiger partial charge in [0.2, 0.25) is 0 Å². The monoisotopic (exact) mass is 383 g/mol. The molecule has 0 aromatic heterocycles. The van der Waals surface area contributed by atoms with Crippen molar-refractivity contribution in [1.29, 1.82) is 0 Å². The minimum Gasteiger partial charge on any atom is -0.487 e. The lowest BCUT2D eigenvalue weighted by Crippen LogP contribution is -2.37. The Labute approximate surface area is 164 Å². The number of nitrogens with zero attached hydrogens (tertiary/aromatic N) is 2. The summed E-state index contributed by atoms with van der Waals surface area (Å²) >= 11 is 0. The van der Waals surface area contributed by atoms with Crippen LogP contribution in [0.1, 0.15) is 43.5 Å². The molecule has 2 aromatic carbocycles. The van der Waals surface area contributed by atoms with E-state index in [1.807, 2.05) is 24.3 Å². The quantitative estimate of drug-likeness (QED) is 0.581. The van der Waals surface area contributed by atoms with E-state index in [0.717, 1.165) is 12.2 Å². The van der Waals surface area contributed by atoms with Crippen molar-refractivity contribution in [3.05, 3.63) is 58.1 Å². The highest BCUT2D eigenvalue weighted by molar-refractivity contribution is 6.04. The van der Waals surface area contributed by atoms with Crippen LogP contribution in [0.25, 0.3) is 0 Å². The van der Waals surface area contributed by atoms with Crippen LogP contribution < -0.4 is 15.0 Å². The van der Waals surface area contributed by atoms with Crippen LogP contribution in [0.2, 0.25) is 0 Å². The zero-order valence-electron chi connectivity index (χ0n) is 16.2. The molecule has 1 amide bonds. The third-order valence-corrected chi connectivity index (χ3v) is 4.98. The van der Waals surface area contributed by atoms with Crippen LogP contribution in [0, 0.1) is 10.1 Å². The van der Waals surface area contributed by atoms with Gasteiger partial charge in [0.05, 0.1) is 11.5 Å². The third kappa shape index (κ3) is 4.42. The maximum Gasteiger partial charge on any atom is 0.311 e. The summed E-state index contributed by atoms with van der Waals surface area (Å²) in [7, 11) is 0. The van der Waals surface area contributed by atoms with Gasteiger partial charge in [0.1, 0.15) is 0 Å². The second kappa shape index (κ2) is 8.73. The zero-order chi connectivity index (χ0) is 20.1. The molecule has 0 spiro atoms. The predicted octanol–water partition coefficient (Wildman–Crippen LogP) is 4.62. The summed E-state index contributed by atoms with van der Waals surface area (Å²) < 4.78 is 5.25. The number of amides is 1. The molecule has 1 N–H and O–H groups in total. The fraction of sp³-hybridized carbons (Fsp3) is 0.381. The molecule has 1 heterocycles. The van der Waals surface area contributed by atoms with Gasteiger partial charge < -0.3 is 15.0 Å². The van der Waals surface area contributed by atoms with Crippen molar-refractivity contribution in [2.45, 2.75) is 39.2 Å². The lowest BCUT2D eigenvalue weighted by atomic mass is 10.0. The molecule has 1 atom stereocenters. The maximum absolute atomic E-state index is 12.5. The SMILES string of the molecule is CCOc1ccc(C(=O)Nc2ccc(N3CCCC[C@H]3C)cc2)cc1[N+](=O)[O-]. The highest BCUT2D eigenvalue weighted by Crippen LogP contribution is 2.29. The highest BCUT2D eigenvalue weighted by atomic mass is 16.6. The minimum absolute atomic E-state index is 0.157. The molecule has 1 fully saturated rings. The number of hydrogen-bond donors (Lipinski definition) is 1. The van der Waals surface area contributed by atoms with Crippen LogP contribution in [0.5, 0.6) is 5.75 Å². The Bertz CT molecular complexity index is 851. The van der Waals surface area contributed by atoms with Crippen molar-refractivity contribution < 1.29 is 14.5 Å². The number of anilines is 2. The predicted molar refractivity (Wildman–Crippen MR) is 109 cm³/mol. The van der Waals surface area contributed by atoms with E-state index in [1.165, 1.54) is 37.5 Å². The Hall–Kier alpha value is -3.09. The second-order valence-electron chi connectivity index (χ2n) is 6.91. The molecule has 0 radical (unpaired) electrons. The number of benzene rings is 2. The van der Waals surface area contributed by atoms with Gasteiger partial charge in [-0.25, -0.2) is 0 Å². The number of nitrogens with one attached hydrogen (secondary N) is 1. The average molecular weight is 383 g/mol. The Balaban J connectivity index is 1.72. The molecule has 3 rings (SSSR count). The molecule has 0 unspecified atom stereocenters. The largest absolute Gasteiger partial charge is 0.487 e. The van der Waals surface area contributed by atoms with Crippen molar-refractivity contribution in [1.82, 2.24) is 0 Å². The van der Waals surface area contributed by atoms with Gasteiger partial charge in [-0.2, -0.15) is 0 Å². The van der Waals surface area contributed by atoms with E-state index in [9.17, 15) is 14.9 Å². The van der Waals surface area contributed by atoms with Crippen LogP contribution in [-0.2, 0) is 0 Å². The van der Waals surface area contributed by atoms with Crippen LogP contribution >= 0.6 is 0 Å². The molecule has 28 heavy (non-hydrogen) atoms. The fourth-order valence-electron chi connectivity index (χ4n) is 3.50. The number of carbonyl (C=O) groups is 1. The molecule has 1 saturated heterocycles. The van der Waals surface area contributed by atoms with Crippen LogP contribution in [-0.4, -0.2) is 30.0 Å². The summed E-state index contributed by atoms with van der Waals surface area (Å²) in [4.78, 5) is 25.6. The number of hydrogen-bond acceptors (Lipinski definition) is 5. The molecule has 0 saturated carbocycles. The number of carbonyl (C=O) groups excluding carboxylic acids is 1. The minimum atomic E-state index is -0.545. The summed E-state index contributed by atoms with van der Waals surface area (Å²) in [5.74, 6) is -0.241. The molecular formula is C21H25N3O4. The van der Waals surface area contributed by atoms with Crippen LogP contribution in [0.15, 0.2) is 42.5 Å². The second-order valence-corrected chi connectivity index (χ2v) is 6.91. The van der Waals surface area contributed by atoms with E-state index < -0.39 is 10.8 Å². The molecule has 1 aliphatic rings. The van der Waals surface area contributed by atoms with E-state index in [4.69, 9.17) is 4.74 Å². The van der Waals surface area contributed by atoms with E-state index in [1.54, 1.807) is 6.92 Å². The first-order valence-electron chi connectivity index (χ1n) is 9.59. The number of nitro benzene ring substituents is 1. The van der Waals surface area contributed by atoms with Gasteiger partial charge in [0, 0.05) is 35.6 Å². The number of nitro groups is 1. The van der Waals surface area contributed by atoms with Gasteiger partial charge >= 0.3 is 5.69 Å². The van der Waals surface area contributed by atoms with E-state index in [-0.39, 0.29) is 17.0 Å². The van der Waals surface area contributed by atoms with Gasteiger partial charge in [-0.1, -0.05) is 0 Å². The molecule has 0 aliphatic carbocycles. The average Bonchev–Trinajstić information content (AvgIpc) is 2.69. The number of ether oxygens (including phenoxy) is 1. The molecule has 2 aromatic rings. The van der Waals surface area contributed by atoms with Crippen LogP contribution in [0.4, 0.5) is 17.1 Å². The van der Waals surface area contributed by atoms with E-state index in [2.05, 4.69) is 17.1 Å². The lowest BCUT2D eigenvalue weighted by Gasteiger charge is -2.35. The summed E-state index contributed by atoms with van der Waals surface area (Å²) in [6, 6.07) is 12.4.